The van der Waals surface area contributed by atoms with Gasteiger partial charge in [-0.1, -0.05) is 44.9 Å². The molecule has 2 heterocycles. The molecule has 1 amide bonds. The Bertz CT molecular complexity index is 1140. The van der Waals surface area contributed by atoms with Gasteiger partial charge in [-0.15, -0.1) is 0 Å². The first kappa shape index (κ1) is 19.8. The molecule has 0 atom stereocenters. The fourth-order valence-electron chi connectivity index (χ4n) is 2.67. The van der Waals surface area contributed by atoms with Gasteiger partial charge in [0.1, 0.15) is 5.75 Å². The van der Waals surface area contributed by atoms with Crippen molar-refractivity contribution in [3.8, 4) is 5.75 Å². The molecule has 0 fully saturated rings. The average molecular weight is 489 g/mol. The fourth-order valence-corrected chi connectivity index (χ4v) is 4.33. The normalized spacial score (nSPS) is 10.8. The van der Waals surface area contributed by atoms with Crippen LogP contribution in [0.5, 0.6) is 5.75 Å². The minimum absolute atomic E-state index is 0.117. The molecule has 5 nitrogen and oxygen atoms in total. The van der Waals surface area contributed by atoms with Crippen LogP contribution >= 0.6 is 38.9 Å². The maximum atomic E-state index is 13.0. The second kappa shape index (κ2) is 8.90. The van der Waals surface area contributed by atoms with Gasteiger partial charge in [-0.05, 0) is 54.6 Å². The van der Waals surface area contributed by atoms with E-state index in [0.717, 1.165) is 20.4 Å². The summed E-state index contributed by atoms with van der Waals surface area (Å²) in [6, 6.07) is 18.4. The van der Waals surface area contributed by atoms with Crippen molar-refractivity contribution in [2.24, 2.45) is 0 Å². The van der Waals surface area contributed by atoms with Gasteiger partial charge in [-0.25, -0.2) is 4.98 Å². The Morgan fingerprint density at radius 1 is 1.14 bits per heavy atom. The van der Waals surface area contributed by atoms with E-state index in [1.165, 1.54) is 11.3 Å². The summed E-state index contributed by atoms with van der Waals surface area (Å²) in [7, 11) is 0. The molecular formula is C21H15BrClN3O2S. The predicted molar refractivity (Wildman–Crippen MR) is 120 cm³/mol. The van der Waals surface area contributed by atoms with Gasteiger partial charge in [-0.2, -0.15) is 0 Å². The van der Waals surface area contributed by atoms with E-state index in [9.17, 15) is 4.79 Å². The van der Waals surface area contributed by atoms with Gasteiger partial charge >= 0.3 is 0 Å². The van der Waals surface area contributed by atoms with Gasteiger partial charge in [0.05, 0.1) is 22.5 Å². The summed E-state index contributed by atoms with van der Waals surface area (Å²) in [5.74, 6) is 0.373. The number of hydrogen-bond donors (Lipinski definition) is 0. The van der Waals surface area contributed by atoms with E-state index >= 15 is 0 Å². The van der Waals surface area contributed by atoms with Crippen LogP contribution in [0.1, 0.15) is 5.69 Å². The van der Waals surface area contributed by atoms with Crippen molar-refractivity contribution < 1.29 is 9.53 Å². The molecule has 146 valence electrons. The van der Waals surface area contributed by atoms with E-state index < -0.39 is 0 Å². The number of thiazole rings is 1. The first-order valence-electron chi connectivity index (χ1n) is 8.73. The summed E-state index contributed by atoms with van der Waals surface area (Å²) in [5.41, 5.74) is 1.61. The molecule has 0 aliphatic carbocycles. The molecule has 0 N–H and O–H groups in total. The highest BCUT2D eigenvalue weighted by Crippen LogP contribution is 2.31. The van der Waals surface area contributed by atoms with Crippen molar-refractivity contribution in [1.29, 1.82) is 0 Å². The second-order valence-corrected chi connectivity index (χ2v) is 8.51. The van der Waals surface area contributed by atoms with Gasteiger partial charge in [0.15, 0.2) is 11.7 Å². The van der Waals surface area contributed by atoms with Gasteiger partial charge in [0.25, 0.3) is 5.91 Å². The van der Waals surface area contributed by atoms with Crippen LogP contribution in [0.15, 0.2) is 71.3 Å². The first-order valence-corrected chi connectivity index (χ1v) is 10.7. The summed E-state index contributed by atoms with van der Waals surface area (Å²) in [5, 5.41) is 1.22. The number of carbonyl (C=O) groups excluding carboxylic acids is 1. The Hall–Kier alpha value is -2.48. The molecule has 0 bridgehead atoms. The highest BCUT2D eigenvalue weighted by molar-refractivity contribution is 9.10. The van der Waals surface area contributed by atoms with Crippen LogP contribution < -0.4 is 9.64 Å². The quantitative estimate of drug-likeness (QED) is 0.348. The second-order valence-electron chi connectivity index (χ2n) is 6.15. The Balaban J connectivity index is 1.59. The number of hydrogen-bond acceptors (Lipinski definition) is 5. The number of fused-ring (bicyclic) bond motifs is 1. The zero-order valence-corrected chi connectivity index (χ0v) is 18.2. The number of halogens is 2. The first-order chi connectivity index (χ1) is 14.1. The van der Waals surface area contributed by atoms with Crippen molar-refractivity contribution in [3.63, 3.8) is 0 Å². The molecular weight excluding hydrogens is 474 g/mol. The zero-order valence-electron chi connectivity index (χ0n) is 15.1. The molecule has 0 saturated heterocycles. The van der Waals surface area contributed by atoms with Crippen molar-refractivity contribution in [2.75, 3.05) is 11.5 Å². The van der Waals surface area contributed by atoms with E-state index in [1.807, 2.05) is 36.4 Å². The van der Waals surface area contributed by atoms with Crippen molar-refractivity contribution in [1.82, 2.24) is 9.97 Å². The van der Waals surface area contributed by atoms with Crippen LogP contribution in [0.2, 0.25) is 5.02 Å². The molecule has 29 heavy (non-hydrogen) atoms. The van der Waals surface area contributed by atoms with Crippen LogP contribution in [0.4, 0.5) is 5.13 Å². The molecule has 0 aliphatic heterocycles. The molecule has 4 rings (SSSR count). The summed E-state index contributed by atoms with van der Waals surface area (Å²) in [6.45, 7) is 0.193. The van der Waals surface area contributed by atoms with Crippen LogP contribution in [0.25, 0.3) is 10.2 Å². The van der Waals surface area contributed by atoms with E-state index in [1.54, 1.807) is 35.4 Å². The molecule has 8 heteroatoms. The molecule has 2 aromatic carbocycles. The number of aromatic nitrogens is 2. The Morgan fingerprint density at radius 3 is 2.72 bits per heavy atom. The molecule has 0 saturated carbocycles. The van der Waals surface area contributed by atoms with Crippen LogP contribution in [0, 0.1) is 0 Å². The number of ether oxygens (including phenoxy) is 1. The van der Waals surface area contributed by atoms with Crippen molar-refractivity contribution in [3.05, 3.63) is 82.0 Å². The van der Waals surface area contributed by atoms with E-state index in [2.05, 4.69) is 25.9 Å². The highest BCUT2D eigenvalue weighted by atomic mass is 79.9. The summed E-state index contributed by atoms with van der Waals surface area (Å²) in [6.07, 6.45) is 1.71. The summed E-state index contributed by atoms with van der Waals surface area (Å²) >= 11 is 10.8. The van der Waals surface area contributed by atoms with E-state index in [4.69, 9.17) is 16.3 Å². The van der Waals surface area contributed by atoms with Crippen LogP contribution in [0.3, 0.4) is 0 Å². The average Bonchev–Trinajstić information content (AvgIpc) is 3.15. The largest absolute Gasteiger partial charge is 0.484 e. The molecule has 0 radical (unpaired) electrons. The minimum atomic E-state index is -0.205. The highest BCUT2D eigenvalue weighted by Gasteiger charge is 2.21. The zero-order chi connectivity index (χ0) is 20.2. The van der Waals surface area contributed by atoms with E-state index in [-0.39, 0.29) is 12.5 Å². The lowest BCUT2D eigenvalue weighted by Crippen LogP contribution is -2.34. The number of anilines is 1. The van der Waals surface area contributed by atoms with Crippen LogP contribution in [-0.4, -0.2) is 22.5 Å². The SMILES string of the molecule is O=C(COc1ccc(Cl)cc1)N(Cc1ccccn1)c1nc2ccc(Br)cc2s1. The third-order valence-corrected chi connectivity index (χ3v) is 5.88. The van der Waals surface area contributed by atoms with Gasteiger partial charge in [0.2, 0.25) is 0 Å². The monoisotopic (exact) mass is 487 g/mol. The lowest BCUT2D eigenvalue weighted by molar-refractivity contribution is -0.120. The van der Waals surface area contributed by atoms with Crippen molar-refractivity contribution in [2.45, 2.75) is 6.54 Å². The Labute approximate surface area is 185 Å². The van der Waals surface area contributed by atoms with Gasteiger partial charge < -0.3 is 4.74 Å². The maximum absolute atomic E-state index is 13.0. The lowest BCUT2D eigenvalue weighted by Gasteiger charge is -2.19. The molecule has 0 aliphatic rings. The topological polar surface area (TPSA) is 55.3 Å². The lowest BCUT2D eigenvalue weighted by atomic mass is 10.3. The molecule has 0 spiro atoms. The Morgan fingerprint density at radius 2 is 1.97 bits per heavy atom. The third kappa shape index (κ3) is 4.93. The third-order valence-electron chi connectivity index (χ3n) is 4.09. The van der Waals surface area contributed by atoms with Gasteiger partial charge in [-0.3, -0.25) is 14.7 Å². The molecule has 0 unspecified atom stereocenters. The number of rotatable bonds is 6. The van der Waals surface area contributed by atoms with Gasteiger partial charge in [0, 0.05) is 15.7 Å². The number of pyridine rings is 1. The fraction of sp³-hybridized carbons (Fsp3) is 0.0952. The summed E-state index contributed by atoms with van der Waals surface area (Å²) in [4.78, 5) is 23.6. The summed E-state index contributed by atoms with van der Waals surface area (Å²) < 4.78 is 7.61. The smallest absolute Gasteiger partial charge is 0.267 e. The maximum Gasteiger partial charge on any atom is 0.267 e. The molecule has 2 aromatic heterocycles. The minimum Gasteiger partial charge on any atom is -0.484 e. The van der Waals surface area contributed by atoms with Crippen LogP contribution in [-0.2, 0) is 11.3 Å². The Kier molecular flexibility index (Phi) is 6.08. The predicted octanol–water partition coefficient (Wildman–Crippen LogP) is 5.72. The number of benzene rings is 2. The molecule has 4 aromatic rings. The number of carbonyl (C=O) groups is 1. The number of amides is 1. The standard InChI is InChI=1S/C21H15BrClN3O2S/c22-14-4-9-18-19(11-14)29-21(25-18)26(12-16-3-1-2-10-24-16)20(27)13-28-17-7-5-15(23)6-8-17/h1-11H,12-13H2. The van der Waals surface area contributed by atoms with E-state index in [0.29, 0.717) is 22.4 Å². The number of nitrogens with zero attached hydrogens (tertiary/aromatic N) is 3. The van der Waals surface area contributed by atoms with Crippen molar-refractivity contribution >= 4 is 60.1 Å².